The van der Waals surface area contributed by atoms with Gasteiger partial charge in [0, 0.05) is 91.0 Å². The number of carbonyl (C=O) groups is 2. The van der Waals surface area contributed by atoms with Crippen LogP contribution in [0.15, 0.2) is 226 Å². The number of esters is 2. The first-order chi connectivity index (χ1) is 55.7. The summed E-state index contributed by atoms with van der Waals surface area (Å²) in [6, 6.07) is 39.9. The third-order valence-electron chi connectivity index (χ3n) is 17.7. The molecule has 0 fully saturated rings. The summed E-state index contributed by atoms with van der Waals surface area (Å²) < 4.78 is 45.7. The van der Waals surface area contributed by atoms with E-state index in [1.807, 2.05) is 56.1 Å². The second-order valence-corrected chi connectivity index (χ2v) is 37.8. The highest BCUT2D eigenvalue weighted by atomic mass is 79.9. The fourth-order valence-corrected chi connectivity index (χ4v) is 19.5. The predicted molar refractivity (Wildman–Crippen MR) is 491 cm³/mol. The van der Waals surface area contributed by atoms with Crippen LogP contribution in [-0.4, -0.2) is 87.7 Å². The number of halogens is 3. The highest BCUT2D eigenvalue weighted by Gasteiger charge is 2.23. The molecule has 0 amide bonds. The largest absolute Gasteiger partial charge is 0.619 e. The maximum absolute atomic E-state index is 12.9. The molecule has 0 aliphatic heterocycles. The fraction of sp³-hybridized carbons (Fsp3) is 0.375. The first-order valence-corrected chi connectivity index (χ1v) is 47.5. The molecule has 11 rings (SSSR count). The van der Waals surface area contributed by atoms with Crippen molar-refractivity contribution in [3.05, 3.63) is 240 Å². The first kappa shape index (κ1) is 99.7. The van der Waals surface area contributed by atoms with Crippen LogP contribution in [0.4, 0.5) is 0 Å². The SMILES string of the molecule is CCCCC(CC)COC(=O)CCSc1cc(Br)cc(CC)c1.CCCCC(CC)COC(=O)CCSc1cc(CC)cc(-c2cccnc2)c1.CCc1cc(-c2ccc[n+]([O-])c2)cc(S(=O)(=O)c2cnc(CN)s2)c1.CCc1cc(Sc2cnc(CC)s2)cc(-c2cccnc2)c1.CCc1ncc(Br)s1.Cl.O[B]Oc1cccnc1. The molecule has 11 aromatic rings. The number of nitrogens with two attached hydrogens (primary N) is 1. The van der Waals surface area contributed by atoms with Crippen LogP contribution in [0.3, 0.4) is 0 Å². The number of rotatable bonds is 36. The maximum atomic E-state index is 12.9. The zero-order chi connectivity index (χ0) is 83.2. The average Bonchev–Trinajstić information content (AvgIpc) is 1.42. The molecule has 0 spiro atoms. The van der Waals surface area contributed by atoms with Crippen molar-refractivity contribution in [2.45, 2.75) is 207 Å². The Hall–Kier alpha value is -6.86. The Morgan fingerprint density at radius 1 is 0.552 bits per heavy atom. The second-order valence-electron chi connectivity index (χ2n) is 26.3. The molecular formula is C88H109BBr2ClN8O9S7. The summed E-state index contributed by atoms with van der Waals surface area (Å²) in [4.78, 5) is 52.6. The number of hydrogen-bond donors (Lipinski definition) is 2. The van der Waals surface area contributed by atoms with Crippen molar-refractivity contribution in [1.29, 1.82) is 0 Å². The van der Waals surface area contributed by atoms with Gasteiger partial charge in [0.25, 0.3) is 0 Å². The van der Waals surface area contributed by atoms with Crippen molar-refractivity contribution in [2.75, 3.05) is 24.7 Å². The van der Waals surface area contributed by atoms with E-state index in [0.29, 0.717) is 78.6 Å². The molecule has 621 valence electrons. The smallest absolute Gasteiger partial charge is 0.569 e. The van der Waals surface area contributed by atoms with Crippen molar-refractivity contribution < 1.29 is 41.9 Å². The van der Waals surface area contributed by atoms with Crippen LogP contribution in [-0.2, 0) is 74.0 Å². The van der Waals surface area contributed by atoms with Crippen molar-refractivity contribution in [3.8, 4) is 39.1 Å². The molecule has 3 N–H and O–H groups in total. The Bertz CT molecular complexity index is 4750. The van der Waals surface area contributed by atoms with E-state index in [1.165, 1.54) is 113 Å². The van der Waals surface area contributed by atoms with E-state index < -0.39 is 9.84 Å². The van der Waals surface area contributed by atoms with Gasteiger partial charge in [-0.3, -0.25) is 24.5 Å². The number of thioether (sulfide) groups is 2. The minimum absolute atomic E-state index is 0. The Labute approximate surface area is 736 Å². The topological polar surface area (TPSA) is 246 Å². The Morgan fingerprint density at radius 3 is 1.50 bits per heavy atom. The number of nitrogens with zero attached hydrogens (tertiary/aromatic N) is 7. The first-order valence-electron chi connectivity index (χ1n) is 39.2. The number of unbranched alkanes of at least 4 members (excludes halogenated alkanes) is 2. The lowest BCUT2D eigenvalue weighted by atomic mass is 10.0. The molecule has 0 saturated heterocycles. The Kier molecular flexibility index (Phi) is 48.6. The van der Waals surface area contributed by atoms with Gasteiger partial charge in [0.15, 0.2) is 12.4 Å². The van der Waals surface area contributed by atoms with Gasteiger partial charge in [-0.1, -0.05) is 166 Å². The Balaban J connectivity index is 0.000000257. The van der Waals surface area contributed by atoms with Crippen molar-refractivity contribution in [1.82, 2.24) is 29.9 Å². The molecule has 7 heterocycles. The number of thiazole rings is 3. The number of pyridine rings is 4. The summed E-state index contributed by atoms with van der Waals surface area (Å²) in [5.74, 6) is 2.90. The average molecular weight is 1850 g/mol. The van der Waals surface area contributed by atoms with Crippen LogP contribution in [0.2, 0.25) is 0 Å². The molecule has 0 aliphatic carbocycles. The monoisotopic (exact) mass is 1850 g/mol. The van der Waals surface area contributed by atoms with Gasteiger partial charge >= 0.3 is 19.6 Å². The van der Waals surface area contributed by atoms with Crippen LogP contribution >= 0.6 is 114 Å². The number of aryl methyl sites for hydroxylation is 6. The zero-order valence-electron chi connectivity index (χ0n) is 67.9. The van der Waals surface area contributed by atoms with Crippen molar-refractivity contribution in [2.24, 2.45) is 17.6 Å². The molecule has 2 atom stereocenters. The summed E-state index contributed by atoms with van der Waals surface area (Å²) in [5.41, 5.74) is 16.4. The van der Waals surface area contributed by atoms with Gasteiger partial charge in [-0.2, -0.15) is 4.73 Å². The van der Waals surface area contributed by atoms with Crippen LogP contribution in [0.1, 0.15) is 171 Å². The number of sulfone groups is 1. The van der Waals surface area contributed by atoms with Crippen LogP contribution in [0.5, 0.6) is 5.75 Å². The molecule has 28 heteroatoms. The van der Waals surface area contributed by atoms with Crippen molar-refractivity contribution >= 4 is 143 Å². The van der Waals surface area contributed by atoms with E-state index in [0.717, 1.165) is 100 Å². The number of ether oxygens (including phenoxy) is 2. The van der Waals surface area contributed by atoms with E-state index in [4.69, 9.17) is 20.2 Å². The van der Waals surface area contributed by atoms with E-state index in [-0.39, 0.29) is 40.0 Å². The molecule has 116 heavy (non-hydrogen) atoms. The van der Waals surface area contributed by atoms with Gasteiger partial charge in [0.1, 0.15) is 15.0 Å². The molecule has 0 saturated carbocycles. The summed E-state index contributed by atoms with van der Waals surface area (Å²) in [6.07, 6.45) is 34.5. The number of carbonyl (C=O) groups excluding carboxylic acids is 2. The summed E-state index contributed by atoms with van der Waals surface area (Å²) in [5, 5.41) is 22.6. The third kappa shape index (κ3) is 36.8. The minimum Gasteiger partial charge on any atom is -0.619 e. The van der Waals surface area contributed by atoms with Crippen LogP contribution in [0.25, 0.3) is 33.4 Å². The van der Waals surface area contributed by atoms with Gasteiger partial charge in [0.2, 0.25) is 9.84 Å². The van der Waals surface area contributed by atoms with Gasteiger partial charge in [-0.05, 0) is 203 Å². The van der Waals surface area contributed by atoms with Crippen LogP contribution < -0.4 is 15.1 Å². The summed E-state index contributed by atoms with van der Waals surface area (Å²) >= 11 is 16.7. The fourth-order valence-electron chi connectivity index (χ4n) is 11.0. The highest BCUT2D eigenvalue weighted by molar-refractivity contribution is 9.11. The molecule has 7 aromatic heterocycles. The lowest BCUT2D eigenvalue weighted by Crippen LogP contribution is -2.23. The molecule has 17 nitrogen and oxygen atoms in total. The quantitative estimate of drug-likeness (QED) is 0.0122. The van der Waals surface area contributed by atoms with E-state index in [1.54, 1.807) is 107 Å². The van der Waals surface area contributed by atoms with Gasteiger partial charge in [0.05, 0.1) is 73.7 Å². The van der Waals surface area contributed by atoms with Crippen LogP contribution in [0, 0.1) is 17.0 Å². The number of benzene rings is 4. The standard InChI is InChI=1S/C24H33NO2S.C19H29BrO2S.C18H18N2S2.C17H17N3O3S2.C5H5BNO2.C5H6BrNS.ClH/c1-4-7-9-19(5-2)18-27-24(26)11-13-28-23-15-20(6-3)14-22(16-23)21-10-8-12-25-17-21;1-4-7-8-15(5-2)14-22-19(21)9-10-23-18-12-16(6-3)11-17(20)13-18;1-3-13-8-15(14-6-5-7-19-11-14)10-16(9-13)21-18-12-20-17(4-2)22-18;1-2-12-6-14(13-4-3-5-20(21)11-13)8-15(7-12)25(22,23)17-10-19-16(9-18)24-17;8-6-9-5-2-1-3-7-4-5;1-2-5-7-3-4(6)8-5;/h8,10,12,14-17,19H,4-7,9,11,13,18H2,1-3H3;11-13,15H,4-10,14H2,1-3H3;5-12H,3-4H2,1-2H3;3-8,10-11H,2,9,18H2,1H3;1-4,8H;3H,2H2,1H3;1H. The summed E-state index contributed by atoms with van der Waals surface area (Å²) in [6.45, 7) is 22.8. The van der Waals surface area contributed by atoms with E-state index in [9.17, 15) is 23.2 Å². The number of aromatic nitrogens is 7. The second kappa shape index (κ2) is 56.6. The normalized spacial score (nSPS) is 11.2. The molecular weight excluding hydrogens is 1740 g/mol. The highest BCUT2D eigenvalue weighted by Crippen LogP contribution is 2.37. The van der Waals surface area contributed by atoms with Crippen molar-refractivity contribution in [3.63, 3.8) is 0 Å². The maximum Gasteiger partial charge on any atom is 0.569 e. The predicted octanol–water partition coefficient (Wildman–Crippen LogP) is 23.5. The molecule has 1 radical (unpaired) electrons. The van der Waals surface area contributed by atoms with E-state index >= 15 is 0 Å². The third-order valence-corrected chi connectivity index (χ3v) is 27.2. The Morgan fingerprint density at radius 2 is 1.04 bits per heavy atom. The molecule has 4 aromatic carbocycles. The van der Waals surface area contributed by atoms with E-state index in [2.05, 4.69) is 195 Å². The number of hydrogen-bond acceptors (Lipinski definition) is 22. The molecule has 2 unspecified atom stereocenters. The minimum atomic E-state index is -3.69. The van der Waals surface area contributed by atoms with Gasteiger partial charge in [-0.15, -0.1) is 69.9 Å². The van der Waals surface area contributed by atoms with Gasteiger partial charge < -0.3 is 30.1 Å². The molecule has 0 aliphatic rings. The summed E-state index contributed by atoms with van der Waals surface area (Å²) in [7, 11) is -3.06. The lowest BCUT2D eigenvalue weighted by Gasteiger charge is -2.14. The van der Waals surface area contributed by atoms with Gasteiger partial charge in [-0.25, -0.2) is 23.4 Å². The lowest BCUT2D eigenvalue weighted by molar-refractivity contribution is -0.604. The zero-order valence-corrected chi connectivity index (χ0v) is 77.6. The molecule has 0 bridgehead atoms.